The van der Waals surface area contributed by atoms with E-state index < -0.39 is 0 Å². The van der Waals surface area contributed by atoms with Crippen LogP contribution in [0.5, 0.6) is 0 Å². The molecule has 3 fully saturated rings. The largest absolute Gasteiger partial charge is 0.376 e. The van der Waals surface area contributed by atoms with E-state index in [0.717, 1.165) is 12.8 Å². The third-order valence-corrected chi connectivity index (χ3v) is 4.07. The van der Waals surface area contributed by atoms with Crippen molar-refractivity contribution in [2.24, 2.45) is 0 Å². The number of hydrogen-bond donors (Lipinski definition) is 1. The molecular formula is C14H17N3O4. The fourth-order valence-corrected chi connectivity index (χ4v) is 2.90. The Morgan fingerprint density at radius 3 is 2.67 bits per heavy atom. The first kappa shape index (κ1) is 13.0. The van der Waals surface area contributed by atoms with Crippen molar-refractivity contribution >= 4 is 5.91 Å². The topological polar surface area (TPSA) is 84.5 Å². The maximum absolute atomic E-state index is 12.6. The van der Waals surface area contributed by atoms with Gasteiger partial charge in [-0.25, -0.2) is 4.98 Å². The number of ether oxygens (including phenoxy) is 2. The smallest absolute Gasteiger partial charge is 0.272 e. The Balaban J connectivity index is 1.58. The molecule has 0 spiro atoms. The number of carbonyl (C=O) groups excluding carboxylic acids is 1. The molecule has 1 aromatic heterocycles. The number of rotatable bonds is 2. The molecule has 2 saturated heterocycles. The predicted octanol–water partition coefficient (Wildman–Crippen LogP) is -0.113. The monoisotopic (exact) mass is 291 g/mol. The second-order valence-corrected chi connectivity index (χ2v) is 5.92. The SMILES string of the molecule is O=C(c1cc(=O)[nH]c(C2CC2)n1)N1CC2COCC(C1)O2. The Morgan fingerprint density at radius 2 is 2.00 bits per heavy atom. The number of nitrogens with zero attached hydrogens (tertiary/aromatic N) is 2. The van der Waals surface area contributed by atoms with Gasteiger partial charge in [-0.1, -0.05) is 0 Å². The van der Waals surface area contributed by atoms with Crippen molar-refractivity contribution in [1.82, 2.24) is 14.9 Å². The minimum Gasteiger partial charge on any atom is -0.376 e. The average molecular weight is 291 g/mol. The van der Waals surface area contributed by atoms with E-state index in [0.29, 0.717) is 38.0 Å². The highest BCUT2D eigenvalue weighted by Gasteiger charge is 2.35. The first-order chi connectivity index (χ1) is 10.2. The number of fused-ring (bicyclic) bond motifs is 2. The van der Waals surface area contributed by atoms with Crippen molar-refractivity contribution in [2.45, 2.75) is 31.0 Å². The van der Waals surface area contributed by atoms with Crippen LogP contribution in [-0.2, 0) is 9.47 Å². The molecule has 0 radical (unpaired) electrons. The molecule has 2 unspecified atom stereocenters. The lowest BCUT2D eigenvalue weighted by molar-refractivity contribution is -0.172. The maximum Gasteiger partial charge on any atom is 0.272 e. The summed E-state index contributed by atoms with van der Waals surface area (Å²) in [6, 6.07) is 1.29. The van der Waals surface area contributed by atoms with Gasteiger partial charge in [0, 0.05) is 25.1 Å². The van der Waals surface area contributed by atoms with Crippen LogP contribution in [0.25, 0.3) is 0 Å². The molecule has 7 nitrogen and oxygen atoms in total. The molecule has 1 saturated carbocycles. The number of aromatic nitrogens is 2. The highest BCUT2D eigenvalue weighted by atomic mass is 16.6. The molecule has 21 heavy (non-hydrogen) atoms. The molecule has 2 atom stereocenters. The quantitative estimate of drug-likeness (QED) is 0.821. The molecule has 2 bridgehead atoms. The number of hydrogen-bond acceptors (Lipinski definition) is 5. The van der Waals surface area contributed by atoms with Gasteiger partial charge >= 0.3 is 0 Å². The van der Waals surface area contributed by atoms with E-state index in [-0.39, 0.29) is 29.4 Å². The maximum atomic E-state index is 12.6. The molecule has 112 valence electrons. The summed E-state index contributed by atoms with van der Waals surface area (Å²) < 4.78 is 11.1. The molecule has 3 heterocycles. The summed E-state index contributed by atoms with van der Waals surface area (Å²) in [6.45, 7) is 2.00. The lowest BCUT2D eigenvalue weighted by atomic mass is 10.1. The van der Waals surface area contributed by atoms with Crippen molar-refractivity contribution in [3.63, 3.8) is 0 Å². The molecule has 1 N–H and O–H groups in total. The third-order valence-electron chi connectivity index (χ3n) is 4.07. The van der Waals surface area contributed by atoms with Gasteiger partial charge in [0.25, 0.3) is 11.5 Å². The molecular weight excluding hydrogens is 274 g/mol. The summed E-state index contributed by atoms with van der Waals surface area (Å²) in [4.78, 5) is 33.1. The van der Waals surface area contributed by atoms with Crippen LogP contribution in [0.1, 0.15) is 35.1 Å². The summed E-state index contributed by atoms with van der Waals surface area (Å²) >= 11 is 0. The molecule has 1 aromatic rings. The summed E-state index contributed by atoms with van der Waals surface area (Å²) in [5.74, 6) is 0.758. The van der Waals surface area contributed by atoms with Gasteiger partial charge in [0.15, 0.2) is 0 Å². The van der Waals surface area contributed by atoms with Crippen LogP contribution in [0.4, 0.5) is 0 Å². The fraction of sp³-hybridized carbons (Fsp3) is 0.643. The summed E-state index contributed by atoms with van der Waals surface area (Å²) in [6.07, 6.45) is 1.90. The molecule has 0 aromatic carbocycles. The van der Waals surface area contributed by atoms with Crippen LogP contribution in [0, 0.1) is 0 Å². The average Bonchev–Trinajstić information content (AvgIpc) is 3.30. The zero-order valence-corrected chi connectivity index (χ0v) is 11.6. The van der Waals surface area contributed by atoms with Crippen LogP contribution in [-0.4, -0.2) is 59.3 Å². The fourth-order valence-electron chi connectivity index (χ4n) is 2.90. The van der Waals surface area contributed by atoms with Gasteiger partial charge in [0.2, 0.25) is 0 Å². The van der Waals surface area contributed by atoms with Crippen LogP contribution < -0.4 is 5.56 Å². The van der Waals surface area contributed by atoms with Gasteiger partial charge in [-0.05, 0) is 12.8 Å². The number of carbonyl (C=O) groups is 1. The lowest BCUT2D eigenvalue weighted by Gasteiger charge is -2.41. The number of H-pyrrole nitrogens is 1. The van der Waals surface area contributed by atoms with Gasteiger partial charge in [-0.3, -0.25) is 9.59 Å². The lowest BCUT2D eigenvalue weighted by Crippen LogP contribution is -2.55. The first-order valence-electron chi connectivity index (χ1n) is 7.33. The Hall–Kier alpha value is -1.73. The van der Waals surface area contributed by atoms with Crippen LogP contribution in [0.3, 0.4) is 0 Å². The van der Waals surface area contributed by atoms with E-state index in [1.54, 1.807) is 4.90 Å². The predicted molar refractivity (Wildman–Crippen MR) is 72.2 cm³/mol. The second-order valence-electron chi connectivity index (χ2n) is 5.92. The molecule has 1 aliphatic carbocycles. The number of nitrogens with one attached hydrogen (secondary N) is 1. The van der Waals surface area contributed by atoms with E-state index in [9.17, 15) is 9.59 Å². The standard InChI is InChI=1S/C14H17N3O4/c18-12-3-11(15-13(16-12)8-1-2-8)14(19)17-4-9-6-20-7-10(5-17)21-9/h3,8-10H,1-2,4-7H2,(H,15,16,18). The zero-order chi connectivity index (χ0) is 14.4. The molecule has 1 amide bonds. The summed E-state index contributed by atoms with van der Waals surface area (Å²) in [5, 5.41) is 0. The van der Waals surface area contributed by atoms with Crippen molar-refractivity contribution in [1.29, 1.82) is 0 Å². The van der Waals surface area contributed by atoms with Crippen LogP contribution in [0.15, 0.2) is 10.9 Å². The van der Waals surface area contributed by atoms with Crippen molar-refractivity contribution < 1.29 is 14.3 Å². The summed E-state index contributed by atoms with van der Waals surface area (Å²) in [7, 11) is 0. The van der Waals surface area contributed by atoms with E-state index in [1.165, 1.54) is 6.07 Å². The minimum absolute atomic E-state index is 0.0775. The van der Waals surface area contributed by atoms with Crippen LogP contribution in [0.2, 0.25) is 0 Å². The Kier molecular flexibility index (Phi) is 3.04. The van der Waals surface area contributed by atoms with Crippen LogP contribution >= 0.6 is 0 Å². The van der Waals surface area contributed by atoms with Gasteiger partial charge < -0.3 is 19.4 Å². The van der Waals surface area contributed by atoms with Gasteiger partial charge in [0.05, 0.1) is 25.4 Å². The Bertz CT molecular complexity index is 613. The van der Waals surface area contributed by atoms with Crippen molar-refractivity contribution in [3.05, 3.63) is 27.9 Å². The Labute approximate surface area is 121 Å². The molecule has 4 rings (SSSR count). The van der Waals surface area contributed by atoms with E-state index >= 15 is 0 Å². The number of amides is 1. The third kappa shape index (κ3) is 2.58. The number of morpholine rings is 1. The highest BCUT2D eigenvalue weighted by molar-refractivity contribution is 5.92. The van der Waals surface area contributed by atoms with E-state index in [1.807, 2.05) is 0 Å². The van der Waals surface area contributed by atoms with Gasteiger partial charge in [-0.15, -0.1) is 0 Å². The van der Waals surface area contributed by atoms with Crippen molar-refractivity contribution in [2.75, 3.05) is 26.3 Å². The van der Waals surface area contributed by atoms with E-state index in [4.69, 9.17) is 9.47 Å². The Morgan fingerprint density at radius 1 is 1.29 bits per heavy atom. The minimum atomic E-state index is -0.257. The number of aromatic amines is 1. The first-order valence-corrected chi connectivity index (χ1v) is 7.33. The van der Waals surface area contributed by atoms with E-state index in [2.05, 4.69) is 9.97 Å². The van der Waals surface area contributed by atoms with Gasteiger partial charge in [-0.2, -0.15) is 0 Å². The second kappa shape index (κ2) is 4.92. The molecule has 3 aliphatic rings. The summed E-state index contributed by atoms with van der Waals surface area (Å²) in [5.41, 5.74) is -0.0198. The normalized spacial score (nSPS) is 28.5. The molecule has 7 heteroatoms. The highest BCUT2D eigenvalue weighted by Crippen LogP contribution is 2.37. The van der Waals surface area contributed by atoms with Gasteiger partial charge in [0.1, 0.15) is 11.5 Å². The van der Waals surface area contributed by atoms with Crippen molar-refractivity contribution in [3.8, 4) is 0 Å². The zero-order valence-electron chi connectivity index (χ0n) is 11.6. The molecule has 2 aliphatic heterocycles.